The SMILES string of the molecule is CN(c1cccc2cc(-c3nccs3)[nH]c12)S(=O)(=O)C1=CC=CCS1. The van der Waals surface area contributed by atoms with E-state index in [1.807, 2.05) is 35.7 Å². The van der Waals surface area contributed by atoms with Crippen LogP contribution in [0.15, 0.2) is 58.3 Å². The van der Waals surface area contributed by atoms with Crippen molar-refractivity contribution in [3.05, 3.63) is 58.3 Å². The highest BCUT2D eigenvalue weighted by Gasteiger charge is 2.26. The molecule has 3 heterocycles. The number of aromatic amines is 1. The van der Waals surface area contributed by atoms with Crippen molar-refractivity contribution in [2.45, 2.75) is 0 Å². The van der Waals surface area contributed by atoms with E-state index in [9.17, 15) is 8.42 Å². The second kappa shape index (κ2) is 6.36. The fourth-order valence-electron chi connectivity index (χ4n) is 2.68. The van der Waals surface area contributed by atoms with Crippen LogP contribution in [0.2, 0.25) is 0 Å². The molecule has 0 aliphatic carbocycles. The van der Waals surface area contributed by atoms with Crippen LogP contribution in [0.5, 0.6) is 0 Å². The van der Waals surface area contributed by atoms with E-state index in [1.165, 1.54) is 27.4 Å². The Morgan fingerprint density at radius 1 is 1.32 bits per heavy atom. The van der Waals surface area contributed by atoms with E-state index in [4.69, 9.17) is 0 Å². The standard InChI is InChI=1S/C17H15N3O2S3/c1-20(25(21,22)15-7-2-3-9-23-15)14-6-4-5-12-11-13(19-16(12)14)17-18-8-10-24-17/h2-8,10-11,19H,9H2,1H3. The van der Waals surface area contributed by atoms with E-state index in [2.05, 4.69) is 9.97 Å². The van der Waals surface area contributed by atoms with Crippen LogP contribution in [-0.4, -0.2) is 31.2 Å². The van der Waals surface area contributed by atoms with Crippen molar-refractivity contribution in [1.82, 2.24) is 9.97 Å². The molecule has 1 aromatic carbocycles. The van der Waals surface area contributed by atoms with Crippen molar-refractivity contribution < 1.29 is 8.42 Å². The summed E-state index contributed by atoms with van der Waals surface area (Å²) in [6.45, 7) is 0. The summed E-state index contributed by atoms with van der Waals surface area (Å²) in [5.74, 6) is 0.666. The Bertz CT molecular complexity index is 1080. The van der Waals surface area contributed by atoms with Gasteiger partial charge in [0.2, 0.25) is 0 Å². The number of thioether (sulfide) groups is 1. The molecule has 1 aliphatic heterocycles. The maximum atomic E-state index is 12.9. The van der Waals surface area contributed by atoms with Gasteiger partial charge in [0.25, 0.3) is 10.0 Å². The summed E-state index contributed by atoms with van der Waals surface area (Å²) >= 11 is 2.87. The van der Waals surface area contributed by atoms with Crippen LogP contribution in [0.1, 0.15) is 0 Å². The molecule has 128 valence electrons. The number of allylic oxidation sites excluding steroid dienone is 2. The topological polar surface area (TPSA) is 66.1 Å². The molecule has 3 aromatic rings. The molecule has 0 saturated carbocycles. The average Bonchev–Trinajstić information content (AvgIpc) is 3.30. The molecular weight excluding hydrogens is 374 g/mol. The lowest BCUT2D eigenvalue weighted by atomic mass is 10.2. The van der Waals surface area contributed by atoms with Gasteiger partial charge in [0.1, 0.15) is 9.24 Å². The van der Waals surface area contributed by atoms with Gasteiger partial charge in [-0.25, -0.2) is 13.4 Å². The lowest BCUT2D eigenvalue weighted by molar-refractivity contribution is 0.602. The molecular formula is C17H15N3O2S3. The fourth-order valence-corrected chi connectivity index (χ4v) is 5.90. The molecule has 8 heteroatoms. The minimum absolute atomic E-state index is 0.362. The number of sulfonamides is 1. The molecule has 0 amide bonds. The van der Waals surface area contributed by atoms with Crippen LogP contribution in [0.4, 0.5) is 5.69 Å². The summed E-state index contributed by atoms with van der Waals surface area (Å²) in [6, 6.07) is 7.64. The van der Waals surface area contributed by atoms with Gasteiger partial charge < -0.3 is 4.98 Å². The van der Waals surface area contributed by atoms with Crippen LogP contribution in [0, 0.1) is 0 Å². The molecule has 5 nitrogen and oxygen atoms in total. The number of aromatic nitrogens is 2. The normalized spacial score (nSPS) is 14.7. The highest BCUT2D eigenvalue weighted by atomic mass is 32.3. The minimum Gasteiger partial charge on any atom is -0.351 e. The number of nitrogens with one attached hydrogen (secondary N) is 1. The number of nitrogens with zero attached hydrogens (tertiary/aromatic N) is 2. The van der Waals surface area contributed by atoms with E-state index in [0.29, 0.717) is 15.7 Å². The zero-order valence-electron chi connectivity index (χ0n) is 13.3. The molecule has 2 aromatic heterocycles. The van der Waals surface area contributed by atoms with Crippen LogP contribution in [-0.2, 0) is 10.0 Å². The van der Waals surface area contributed by atoms with Crippen molar-refractivity contribution in [2.75, 3.05) is 17.1 Å². The summed E-state index contributed by atoms with van der Waals surface area (Å²) in [5, 5.41) is 3.75. The smallest absolute Gasteiger partial charge is 0.270 e. The molecule has 0 radical (unpaired) electrons. The summed E-state index contributed by atoms with van der Waals surface area (Å²) in [6.07, 6.45) is 7.13. The Kier molecular flexibility index (Phi) is 4.18. The van der Waals surface area contributed by atoms with Crippen LogP contribution < -0.4 is 4.31 Å². The number of hydrogen-bond acceptors (Lipinski definition) is 5. The zero-order chi connectivity index (χ0) is 17.4. The van der Waals surface area contributed by atoms with Gasteiger partial charge in [0.05, 0.1) is 16.9 Å². The van der Waals surface area contributed by atoms with Crippen molar-refractivity contribution in [3.8, 4) is 10.7 Å². The van der Waals surface area contributed by atoms with E-state index in [1.54, 1.807) is 25.4 Å². The fraction of sp³-hybridized carbons (Fsp3) is 0.118. The summed E-state index contributed by atoms with van der Waals surface area (Å²) in [4.78, 5) is 7.64. The molecule has 25 heavy (non-hydrogen) atoms. The van der Waals surface area contributed by atoms with Crippen LogP contribution >= 0.6 is 23.1 Å². The lowest BCUT2D eigenvalue weighted by Gasteiger charge is -2.22. The van der Waals surface area contributed by atoms with Gasteiger partial charge in [-0.2, -0.15) is 0 Å². The summed E-state index contributed by atoms with van der Waals surface area (Å²) in [7, 11) is -1.99. The number of anilines is 1. The van der Waals surface area contributed by atoms with E-state index >= 15 is 0 Å². The monoisotopic (exact) mass is 389 g/mol. The second-order valence-electron chi connectivity index (χ2n) is 5.46. The van der Waals surface area contributed by atoms with Crippen molar-refractivity contribution in [1.29, 1.82) is 0 Å². The van der Waals surface area contributed by atoms with E-state index in [-0.39, 0.29) is 0 Å². The number of hydrogen-bond donors (Lipinski definition) is 1. The van der Waals surface area contributed by atoms with Gasteiger partial charge in [0.15, 0.2) is 0 Å². The Hall–Kier alpha value is -2.03. The lowest BCUT2D eigenvalue weighted by Crippen LogP contribution is -2.27. The summed E-state index contributed by atoms with van der Waals surface area (Å²) in [5.41, 5.74) is 2.30. The minimum atomic E-state index is -3.58. The Balaban J connectivity index is 1.81. The molecule has 0 spiro atoms. The molecule has 1 aliphatic rings. The van der Waals surface area contributed by atoms with Gasteiger partial charge in [-0.15, -0.1) is 23.1 Å². The quantitative estimate of drug-likeness (QED) is 0.726. The van der Waals surface area contributed by atoms with Gasteiger partial charge in [-0.1, -0.05) is 24.3 Å². The highest BCUT2D eigenvalue weighted by molar-refractivity contribution is 8.19. The number of thiazole rings is 1. The van der Waals surface area contributed by atoms with Crippen molar-refractivity contribution in [2.24, 2.45) is 0 Å². The third kappa shape index (κ3) is 2.90. The molecule has 0 bridgehead atoms. The third-order valence-electron chi connectivity index (χ3n) is 3.94. The van der Waals surface area contributed by atoms with Gasteiger partial charge in [0, 0.05) is 29.8 Å². The molecule has 0 fully saturated rings. The first kappa shape index (κ1) is 16.4. The Labute approximate surface area is 154 Å². The molecule has 1 N–H and O–H groups in total. The Morgan fingerprint density at radius 3 is 2.92 bits per heavy atom. The third-order valence-corrected chi connectivity index (χ3v) is 8.08. The van der Waals surface area contributed by atoms with Gasteiger partial charge in [-0.05, 0) is 18.2 Å². The number of para-hydroxylation sites is 1. The van der Waals surface area contributed by atoms with Crippen molar-refractivity contribution >= 4 is 49.7 Å². The maximum Gasteiger partial charge on any atom is 0.270 e. The summed E-state index contributed by atoms with van der Waals surface area (Å²) < 4.78 is 27.6. The van der Waals surface area contributed by atoms with Gasteiger partial charge >= 0.3 is 0 Å². The zero-order valence-corrected chi connectivity index (χ0v) is 15.8. The second-order valence-corrected chi connectivity index (χ2v) is 9.61. The van der Waals surface area contributed by atoms with E-state index < -0.39 is 10.0 Å². The van der Waals surface area contributed by atoms with Gasteiger partial charge in [-0.3, -0.25) is 4.31 Å². The number of fused-ring (bicyclic) bond motifs is 1. The first-order chi connectivity index (χ1) is 12.1. The average molecular weight is 390 g/mol. The largest absolute Gasteiger partial charge is 0.351 e. The first-order valence-electron chi connectivity index (χ1n) is 7.57. The predicted molar refractivity (Wildman–Crippen MR) is 106 cm³/mol. The van der Waals surface area contributed by atoms with Crippen LogP contribution in [0.25, 0.3) is 21.6 Å². The predicted octanol–water partition coefficient (Wildman–Crippen LogP) is 4.20. The molecule has 0 saturated heterocycles. The van der Waals surface area contributed by atoms with E-state index in [0.717, 1.165) is 21.6 Å². The first-order valence-corrected chi connectivity index (χ1v) is 10.9. The maximum absolute atomic E-state index is 12.9. The number of rotatable bonds is 4. The molecule has 0 atom stereocenters. The molecule has 0 unspecified atom stereocenters. The van der Waals surface area contributed by atoms with Crippen molar-refractivity contribution in [3.63, 3.8) is 0 Å². The number of H-pyrrole nitrogens is 1. The Morgan fingerprint density at radius 2 is 2.20 bits per heavy atom. The number of benzene rings is 1. The van der Waals surface area contributed by atoms with Crippen LogP contribution in [0.3, 0.4) is 0 Å². The highest BCUT2D eigenvalue weighted by Crippen LogP contribution is 2.35. The molecule has 4 rings (SSSR count).